The highest BCUT2D eigenvalue weighted by atomic mass is 19.4. The van der Waals surface area contributed by atoms with E-state index in [4.69, 9.17) is 9.47 Å². The zero-order valence-corrected chi connectivity index (χ0v) is 8.27. The van der Waals surface area contributed by atoms with Crippen LogP contribution in [0.5, 0.6) is 0 Å². The third kappa shape index (κ3) is 6.59. The van der Waals surface area contributed by atoms with Gasteiger partial charge in [-0.25, -0.2) is 0 Å². The van der Waals surface area contributed by atoms with Gasteiger partial charge in [-0.15, -0.1) is 13.2 Å². The van der Waals surface area contributed by atoms with Crippen LogP contribution in [0.3, 0.4) is 0 Å². The number of hydrogen-bond acceptors (Lipinski definition) is 3. The van der Waals surface area contributed by atoms with Crippen LogP contribution in [0.15, 0.2) is 11.5 Å². The quantitative estimate of drug-likeness (QED) is 0.519. The van der Waals surface area contributed by atoms with E-state index in [9.17, 15) is 13.2 Å². The van der Waals surface area contributed by atoms with Gasteiger partial charge in [0.25, 0.3) is 0 Å². The van der Waals surface area contributed by atoms with Gasteiger partial charge in [0.05, 0.1) is 13.7 Å². The molecule has 0 aliphatic rings. The van der Waals surface area contributed by atoms with Crippen LogP contribution >= 0.6 is 0 Å². The monoisotopic (exact) mass is 214 g/mol. The van der Waals surface area contributed by atoms with Crippen molar-refractivity contribution < 1.29 is 27.4 Å². The minimum absolute atomic E-state index is 0.161. The highest BCUT2D eigenvalue weighted by molar-refractivity contribution is 4.94. The van der Waals surface area contributed by atoms with E-state index in [0.717, 1.165) is 0 Å². The highest BCUT2D eigenvalue weighted by Gasteiger charge is 2.28. The van der Waals surface area contributed by atoms with Crippen molar-refractivity contribution in [3.63, 3.8) is 0 Å². The van der Waals surface area contributed by atoms with E-state index in [0.29, 0.717) is 11.5 Å². The Kier molecular flexibility index (Phi) is 5.37. The summed E-state index contributed by atoms with van der Waals surface area (Å²) in [5.41, 5.74) is 0. The van der Waals surface area contributed by atoms with Crippen molar-refractivity contribution in [2.75, 3.05) is 20.3 Å². The molecule has 0 saturated heterocycles. The molecule has 0 atom stereocenters. The first kappa shape index (κ1) is 13.1. The molecule has 3 nitrogen and oxygen atoms in total. The highest BCUT2D eigenvalue weighted by Crippen LogP contribution is 2.15. The predicted molar refractivity (Wildman–Crippen MR) is 43.3 cm³/mol. The average Bonchev–Trinajstić information content (AvgIpc) is 2.09. The first-order chi connectivity index (χ1) is 6.37. The maximum atomic E-state index is 11.5. The van der Waals surface area contributed by atoms with Gasteiger partial charge in [-0.3, -0.25) is 4.74 Å². The molecule has 0 saturated carbocycles. The lowest BCUT2D eigenvalue weighted by Crippen LogP contribution is -2.17. The fraction of sp³-hybridized carbons (Fsp3) is 0.750. The van der Waals surface area contributed by atoms with Gasteiger partial charge in [0.2, 0.25) is 0 Å². The Bertz CT molecular complexity index is 198. The topological polar surface area (TPSA) is 27.7 Å². The number of halogens is 3. The summed E-state index contributed by atoms with van der Waals surface area (Å²) in [6.07, 6.45) is -4.60. The van der Waals surface area contributed by atoms with Crippen molar-refractivity contribution in [3.8, 4) is 0 Å². The average molecular weight is 214 g/mol. The molecule has 0 rings (SSSR count). The summed E-state index contributed by atoms with van der Waals surface area (Å²) in [6, 6.07) is 0. The normalized spacial score (nSPS) is 13.6. The van der Waals surface area contributed by atoms with Crippen molar-refractivity contribution in [3.05, 3.63) is 11.5 Å². The van der Waals surface area contributed by atoms with Gasteiger partial charge in [0, 0.05) is 0 Å². The van der Waals surface area contributed by atoms with Crippen molar-refractivity contribution in [1.82, 2.24) is 0 Å². The standard InChI is InChI=1S/C8H13F3O3/c1-6(12-3)7(2)13-4-5-14-8(9,10)11/h4-5H2,1-3H3. The Balaban J connectivity index is 3.66. The van der Waals surface area contributed by atoms with E-state index in [1.165, 1.54) is 7.11 Å². The van der Waals surface area contributed by atoms with Crippen molar-refractivity contribution >= 4 is 0 Å². The molecule has 0 radical (unpaired) electrons. The van der Waals surface area contributed by atoms with E-state index >= 15 is 0 Å². The molecule has 6 heteroatoms. The van der Waals surface area contributed by atoms with Gasteiger partial charge in [0.1, 0.15) is 18.1 Å². The fourth-order valence-corrected chi connectivity index (χ4v) is 0.598. The minimum Gasteiger partial charge on any atom is -0.498 e. The zero-order valence-electron chi connectivity index (χ0n) is 8.27. The molecule has 0 heterocycles. The SMILES string of the molecule is COC(C)=C(C)OCCOC(F)(F)F. The summed E-state index contributed by atoms with van der Waals surface area (Å²) in [6.45, 7) is 2.57. The molecule has 0 unspecified atom stereocenters. The van der Waals surface area contributed by atoms with Crippen molar-refractivity contribution in [2.24, 2.45) is 0 Å². The summed E-state index contributed by atoms with van der Waals surface area (Å²) in [4.78, 5) is 0. The third-order valence-corrected chi connectivity index (χ3v) is 1.47. The molecule has 84 valence electrons. The molecule has 14 heavy (non-hydrogen) atoms. The molecule has 0 aromatic rings. The largest absolute Gasteiger partial charge is 0.522 e. The van der Waals surface area contributed by atoms with Gasteiger partial charge in [-0.05, 0) is 13.8 Å². The second kappa shape index (κ2) is 5.74. The number of methoxy groups -OCH3 is 1. The Labute approximate surface area is 80.4 Å². The van der Waals surface area contributed by atoms with E-state index < -0.39 is 13.0 Å². The van der Waals surface area contributed by atoms with Crippen molar-refractivity contribution in [2.45, 2.75) is 20.2 Å². The predicted octanol–water partition coefficient (Wildman–Crippen LogP) is 2.44. The van der Waals surface area contributed by atoms with Crippen LogP contribution in [0.2, 0.25) is 0 Å². The summed E-state index contributed by atoms with van der Waals surface area (Å²) in [5, 5.41) is 0. The molecule has 0 bridgehead atoms. The molecule has 0 fully saturated rings. The second-order valence-electron chi connectivity index (χ2n) is 2.46. The number of ether oxygens (including phenoxy) is 3. The number of alkyl halides is 3. The van der Waals surface area contributed by atoms with E-state index in [-0.39, 0.29) is 6.61 Å². The van der Waals surface area contributed by atoms with E-state index in [1.54, 1.807) is 13.8 Å². The van der Waals surface area contributed by atoms with Gasteiger partial charge in [-0.2, -0.15) is 0 Å². The van der Waals surface area contributed by atoms with Gasteiger partial charge in [-0.1, -0.05) is 0 Å². The lowest BCUT2D eigenvalue weighted by Gasteiger charge is -2.10. The fourth-order valence-electron chi connectivity index (χ4n) is 0.598. The molecule has 0 amide bonds. The second-order valence-corrected chi connectivity index (χ2v) is 2.46. The summed E-state index contributed by atoms with van der Waals surface area (Å²) in [7, 11) is 1.45. The van der Waals surface area contributed by atoms with Crippen LogP contribution in [0.1, 0.15) is 13.8 Å². The van der Waals surface area contributed by atoms with Crippen LogP contribution < -0.4 is 0 Å². The van der Waals surface area contributed by atoms with Crippen LogP contribution in [0.25, 0.3) is 0 Å². The molecule has 0 aromatic carbocycles. The molecule has 0 aromatic heterocycles. The van der Waals surface area contributed by atoms with Crippen molar-refractivity contribution in [1.29, 1.82) is 0 Å². The minimum atomic E-state index is -4.60. The lowest BCUT2D eigenvalue weighted by atomic mass is 10.4. The third-order valence-electron chi connectivity index (χ3n) is 1.47. The lowest BCUT2D eigenvalue weighted by molar-refractivity contribution is -0.326. The molecular weight excluding hydrogens is 201 g/mol. The maximum Gasteiger partial charge on any atom is 0.522 e. The Morgan fingerprint density at radius 2 is 1.64 bits per heavy atom. The molecule has 0 N–H and O–H groups in total. The summed E-state index contributed by atoms with van der Waals surface area (Å²) >= 11 is 0. The Morgan fingerprint density at radius 1 is 1.07 bits per heavy atom. The molecular formula is C8H13F3O3. The maximum absolute atomic E-state index is 11.5. The van der Waals surface area contributed by atoms with Gasteiger partial charge < -0.3 is 9.47 Å². The number of allylic oxidation sites excluding steroid dienone is 2. The number of hydrogen-bond donors (Lipinski definition) is 0. The zero-order chi connectivity index (χ0) is 11.2. The van der Waals surface area contributed by atoms with Crippen LogP contribution in [-0.2, 0) is 14.2 Å². The van der Waals surface area contributed by atoms with Crippen LogP contribution in [-0.4, -0.2) is 26.7 Å². The summed E-state index contributed by atoms with van der Waals surface area (Å²) in [5.74, 6) is 0.968. The van der Waals surface area contributed by atoms with E-state index in [1.807, 2.05) is 0 Å². The van der Waals surface area contributed by atoms with Gasteiger partial charge >= 0.3 is 6.36 Å². The molecule has 0 aliphatic carbocycles. The van der Waals surface area contributed by atoms with Gasteiger partial charge in [0.15, 0.2) is 0 Å². The van der Waals surface area contributed by atoms with E-state index in [2.05, 4.69) is 4.74 Å². The summed E-state index contributed by atoms with van der Waals surface area (Å²) < 4.78 is 47.7. The van der Waals surface area contributed by atoms with Crippen LogP contribution in [0.4, 0.5) is 13.2 Å². The first-order valence-electron chi connectivity index (χ1n) is 3.91. The molecule has 0 spiro atoms. The van der Waals surface area contributed by atoms with Crippen LogP contribution in [0, 0.1) is 0 Å². The Morgan fingerprint density at radius 3 is 2.07 bits per heavy atom. The first-order valence-corrected chi connectivity index (χ1v) is 3.91. The smallest absolute Gasteiger partial charge is 0.498 e. The Hall–Kier alpha value is -0.910. The number of rotatable bonds is 5. The molecule has 0 aliphatic heterocycles.